The number of amides is 1. The fraction of sp³-hybridized carbons (Fsp3) is 0.545. The van der Waals surface area contributed by atoms with Crippen molar-refractivity contribution in [3.8, 4) is 0 Å². The molecule has 0 aliphatic rings. The van der Waals surface area contributed by atoms with Crippen LogP contribution in [0.25, 0.3) is 0 Å². The zero-order valence-electron chi connectivity index (χ0n) is 9.29. The summed E-state index contributed by atoms with van der Waals surface area (Å²) in [6.07, 6.45) is 0. The van der Waals surface area contributed by atoms with Crippen LogP contribution in [0.4, 0.5) is 0 Å². The first kappa shape index (κ1) is 12.5. The molecule has 0 saturated carbocycles. The Balaban J connectivity index is 2.81. The molecule has 1 unspecified atom stereocenters. The predicted molar refractivity (Wildman–Crippen MR) is 65.6 cm³/mol. The lowest BCUT2D eigenvalue weighted by atomic mass is 10.2. The van der Waals surface area contributed by atoms with Crippen molar-refractivity contribution in [2.24, 2.45) is 0 Å². The molecule has 0 radical (unpaired) electrons. The van der Waals surface area contributed by atoms with E-state index in [9.17, 15) is 4.79 Å². The van der Waals surface area contributed by atoms with E-state index in [4.69, 9.17) is 11.6 Å². The zero-order chi connectivity index (χ0) is 11.4. The Labute approximate surface area is 99.9 Å². The second kappa shape index (κ2) is 5.52. The number of hydrogen-bond acceptors (Lipinski definition) is 2. The summed E-state index contributed by atoms with van der Waals surface area (Å²) in [5, 5.41) is 1.44. The van der Waals surface area contributed by atoms with Gasteiger partial charge in [0.05, 0.1) is 0 Å². The average Bonchev–Trinajstić information content (AvgIpc) is 2.65. The molecule has 1 heterocycles. The van der Waals surface area contributed by atoms with Crippen LogP contribution in [0.3, 0.4) is 0 Å². The van der Waals surface area contributed by atoms with Gasteiger partial charge in [0.1, 0.15) is 5.38 Å². The smallest absolute Gasteiger partial charge is 0.245 e. The molecule has 0 aliphatic carbocycles. The van der Waals surface area contributed by atoms with Crippen LogP contribution in [-0.2, 0) is 4.79 Å². The van der Waals surface area contributed by atoms with Gasteiger partial charge < -0.3 is 4.90 Å². The minimum absolute atomic E-state index is 0.00668. The van der Waals surface area contributed by atoms with Crippen LogP contribution in [0.1, 0.15) is 29.7 Å². The summed E-state index contributed by atoms with van der Waals surface area (Å²) in [7, 11) is 0. The molecular formula is C11H16ClNOS. The standard InChI is InChI=1S/C11H16ClNOS/c1-4-13(5-2)11(14)9(12)10-8(3)6-7-15-10/h6-7,9H,4-5H2,1-3H3. The third-order valence-electron chi connectivity index (χ3n) is 2.42. The number of carbonyl (C=O) groups is 1. The molecule has 1 aromatic heterocycles. The first-order chi connectivity index (χ1) is 7.11. The van der Waals surface area contributed by atoms with Crippen LogP contribution in [-0.4, -0.2) is 23.9 Å². The van der Waals surface area contributed by atoms with Crippen molar-refractivity contribution < 1.29 is 4.79 Å². The maximum Gasteiger partial charge on any atom is 0.245 e. The summed E-state index contributed by atoms with van der Waals surface area (Å²) < 4.78 is 0. The van der Waals surface area contributed by atoms with E-state index in [1.54, 1.807) is 16.2 Å². The molecule has 4 heteroatoms. The Morgan fingerprint density at radius 3 is 2.53 bits per heavy atom. The second-order valence-electron chi connectivity index (χ2n) is 3.34. The fourth-order valence-corrected chi connectivity index (χ4v) is 2.81. The van der Waals surface area contributed by atoms with Crippen LogP contribution in [0, 0.1) is 6.92 Å². The van der Waals surface area contributed by atoms with Crippen molar-refractivity contribution in [3.63, 3.8) is 0 Å². The van der Waals surface area contributed by atoms with Crippen molar-refractivity contribution in [3.05, 3.63) is 21.9 Å². The summed E-state index contributed by atoms with van der Waals surface area (Å²) in [5.74, 6) is 0.00668. The van der Waals surface area contributed by atoms with Gasteiger partial charge in [-0.15, -0.1) is 22.9 Å². The van der Waals surface area contributed by atoms with Gasteiger partial charge in [0.25, 0.3) is 0 Å². The summed E-state index contributed by atoms with van der Waals surface area (Å²) in [5.41, 5.74) is 1.10. The number of rotatable bonds is 4. The second-order valence-corrected chi connectivity index (χ2v) is 4.73. The molecule has 0 bridgehead atoms. The Morgan fingerprint density at radius 1 is 1.53 bits per heavy atom. The molecule has 0 spiro atoms. The van der Waals surface area contributed by atoms with E-state index >= 15 is 0 Å². The molecule has 2 nitrogen and oxygen atoms in total. The molecule has 1 atom stereocenters. The van der Waals surface area contributed by atoms with Gasteiger partial charge in [-0.05, 0) is 37.8 Å². The fourth-order valence-electron chi connectivity index (χ4n) is 1.45. The highest BCUT2D eigenvalue weighted by Crippen LogP contribution is 2.30. The lowest BCUT2D eigenvalue weighted by Gasteiger charge is -2.21. The minimum Gasteiger partial charge on any atom is -0.342 e. The van der Waals surface area contributed by atoms with Crippen molar-refractivity contribution in [1.29, 1.82) is 0 Å². The summed E-state index contributed by atoms with van der Waals surface area (Å²) in [4.78, 5) is 14.7. The van der Waals surface area contributed by atoms with E-state index in [-0.39, 0.29) is 5.91 Å². The highest BCUT2D eigenvalue weighted by molar-refractivity contribution is 7.10. The number of halogens is 1. The maximum absolute atomic E-state index is 12.0. The van der Waals surface area contributed by atoms with E-state index in [0.29, 0.717) is 13.1 Å². The Kier molecular flexibility index (Phi) is 4.61. The van der Waals surface area contributed by atoms with Gasteiger partial charge in [-0.25, -0.2) is 0 Å². The average molecular weight is 246 g/mol. The number of nitrogens with zero attached hydrogens (tertiary/aromatic N) is 1. The van der Waals surface area contributed by atoms with Crippen molar-refractivity contribution >= 4 is 28.8 Å². The lowest BCUT2D eigenvalue weighted by molar-refractivity contribution is -0.130. The van der Waals surface area contributed by atoms with E-state index in [1.807, 2.05) is 32.2 Å². The van der Waals surface area contributed by atoms with E-state index in [2.05, 4.69) is 0 Å². The molecule has 0 aliphatic heterocycles. The molecule has 0 fully saturated rings. The van der Waals surface area contributed by atoms with Crippen molar-refractivity contribution in [1.82, 2.24) is 4.90 Å². The SMILES string of the molecule is CCN(CC)C(=O)C(Cl)c1sccc1C. The summed E-state index contributed by atoms with van der Waals surface area (Å²) >= 11 is 7.72. The van der Waals surface area contributed by atoms with Crippen molar-refractivity contribution in [2.75, 3.05) is 13.1 Å². The van der Waals surface area contributed by atoms with Crippen LogP contribution < -0.4 is 0 Å². The number of thiophene rings is 1. The molecular weight excluding hydrogens is 230 g/mol. The van der Waals surface area contributed by atoms with Crippen LogP contribution in [0.5, 0.6) is 0 Å². The molecule has 0 aromatic carbocycles. The van der Waals surface area contributed by atoms with Crippen molar-refractivity contribution in [2.45, 2.75) is 26.1 Å². The molecule has 15 heavy (non-hydrogen) atoms. The monoisotopic (exact) mass is 245 g/mol. The molecule has 84 valence electrons. The van der Waals surface area contributed by atoms with Gasteiger partial charge in [-0.1, -0.05) is 0 Å². The number of hydrogen-bond donors (Lipinski definition) is 0. The molecule has 1 amide bonds. The van der Waals surface area contributed by atoms with Gasteiger partial charge in [0, 0.05) is 18.0 Å². The van der Waals surface area contributed by atoms with Gasteiger partial charge in [-0.2, -0.15) is 0 Å². The number of carbonyl (C=O) groups excluding carboxylic acids is 1. The number of likely N-dealkylation sites (N-methyl/N-ethyl adjacent to an activating group) is 1. The molecule has 1 aromatic rings. The Morgan fingerprint density at radius 2 is 2.13 bits per heavy atom. The predicted octanol–water partition coefficient (Wildman–Crippen LogP) is 3.20. The third-order valence-corrected chi connectivity index (χ3v) is 4.04. The first-order valence-electron chi connectivity index (χ1n) is 5.08. The molecule has 0 N–H and O–H groups in total. The lowest BCUT2D eigenvalue weighted by Crippen LogP contribution is -2.33. The summed E-state index contributed by atoms with van der Waals surface area (Å²) in [6, 6.07) is 1.99. The van der Waals surface area contributed by atoms with Gasteiger partial charge in [-0.3, -0.25) is 4.79 Å². The number of alkyl halides is 1. The Bertz CT molecular complexity index is 333. The normalized spacial score (nSPS) is 12.5. The van der Waals surface area contributed by atoms with Gasteiger partial charge in [0.2, 0.25) is 5.91 Å². The summed E-state index contributed by atoms with van der Waals surface area (Å²) in [6.45, 7) is 7.33. The van der Waals surface area contributed by atoms with E-state index in [0.717, 1.165) is 10.4 Å². The highest BCUT2D eigenvalue weighted by atomic mass is 35.5. The zero-order valence-corrected chi connectivity index (χ0v) is 10.9. The van der Waals surface area contributed by atoms with E-state index in [1.165, 1.54) is 0 Å². The third kappa shape index (κ3) is 2.73. The van der Waals surface area contributed by atoms with Crippen LogP contribution in [0.15, 0.2) is 11.4 Å². The largest absolute Gasteiger partial charge is 0.342 e. The molecule has 1 rings (SSSR count). The van der Waals surface area contributed by atoms with Gasteiger partial charge in [0.15, 0.2) is 0 Å². The Hall–Kier alpha value is -0.540. The first-order valence-corrected chi connectivity index (χ1v) is 6.40. The minimum atomic E-state index is -0.523. The quantitative estimate of drug-likeness (QED) is 0.746. The van der Waals surface area contributed by atoms with Crippen LogP contribution in [0.2, 0.25) is 0 Å². The maximum atomic E-state index is 12.0. The topological polar surface area (TPSA) is 20.3 Å². The number of aryl methyl sites for hydroxylation is 1. The van der Waals surface area contributed by atoms with Crippen LogP contribution >= 0.6 is 22.9 Å². The highest BCUT2D eigenvalue weighted by Gasteiger charge is 2.24. The van der Waals surface area contributed by atoms with Gasteiger partial charge >= 0.3 is 0 Å². The van der Waals surface area contributed by atoms with E-state index < -0.39 is 5.38 Å². The molecule has 0 saturated heterocycles.